The van der Waals surface area contributed by atoms with Crippen molar-refractivity contribution in [2.45, 2.75) is 31.7 Å². The predicted octanol–water partition coefficient (Wildman–Crippen LogP) is 0.396. The second-order valence-electron chi connectivity index (χ2n) is 3.66. The molecule has 0 saturated carbocycles. The van der Waals surface area contributed by atoms with Crippen LogP contribution in [0.2, 0.25) is 0 Å². The lowest BCUT2D eigenvalue weighted by Crippen LogP contribution is -2.37. The summed E-state index contributed by atoms with van der Waals surface area (Å²) < 4.78 is 4.89. The van der Waals surface area contributed by atoms with Crippen molar-refractivity contribution in [2.24, 2.45) is 0 Å². The van der Waals surface area contributed by atoms with Gasteiger partial charge >= 0.3 is 0 Å². The Hall–Kier alpha value is -0.610. The van der Waals surface area contributed by atoms with E-state index in [1.54, 1.807) is 12.0 Å². The van der Waals surface area contributed by atoms with Gasteiger partial charge in [0.2, 0.25) is 5.91 Å². The van der Waals surface area contributed by atoms with Gasteiger partial charge in [-0.2, -0.15) is 0 Å². The molecule has 4 nitrogen and oxygen atoms in total. The summed E-state index contributed by atoms with van der Waals surface area (Å²) in [6.07, 6.45) is 3.25. The zero-order valence-corrected chi connectivity index (χ0v) is 8.74. The Labute approximate surface area is 84.8 Å². The number of nitrogens with zero attached hydrogens (tertiary/aromatic N) is 1. The van der Waals surface area contributed by atoms with Gasteiger partial charge in [0.25, 0.3) is 0 Å². The van der Waals surface area contributed by atoms with E-state index in [2.05, 4.69) is 0 Å². The topological polar surface area (TPSA) is 49.8 Å². The highest BCUT2D eigenvalue weighted by Crippen LogP contribution is 2.17. The zero-order chi connectivity index (χ0) is 10.4. The van der Waals surface area contributed by atoms with Crippen molar-refractivity contribution in [1.29, 1.82) is 0 Å². The SMILES string of the molecule is COCCCC(=O)N1CCC[C@@H]1CO. The zero-order valence-electron chi connectivity index (χ0n) is 8.74. The van der Waals surface area contributed by atoms with E-state index in [0.29, 0.717) is 13.0 Å². The quantitative estimate of drug-likeness (QED) is 0.655. The molecule has 14 heavy (non-hydrogen) atoms. The molecule has 0 aromatic rings. The van der Waals surface area contributed by atoms with Crippen LogP contribution in [0.4, 0.5) is 0 Å². The lowest BCUT2D eigenvalue weighted by atomic mass is 10.2. The third-order valence-electron chi connectivity index (χ3n) is 2.65. The number of ether oxygens (including phenoxy) is 1. The van der Waals surface area contributed by atoms with Crippen LogP contribution in [0.5, 0.6) is 0 Å². The number of hydrogen-bond acceptors (Lipinski definition) is 3. The average Bonchev–Trinajstić information content (AvgIpc) is 2.65. The molecule has 82 valence electrons. The van der Waals surface area contributed by atoms with Gasteiger partial charge < -0.3 is 14.7 Å². The first-order chi connectivity index (χ1) is 6.79. The van der Waals surface area contributed by atoms with Gasteiger partial charge in [-0.15, -0.1) is 0 Å². The fourth-order valence-electron chi connectivity index (χ4n) is 1.87. The second-order valence-corrected chi connectivity index (χ2v) is 3.66. The maximum Gasteiger partial charge on any atom is 0.222 e. The van der Waals surface area contributed by atoms with Crippen molar-refractivity contribution in [1.82, 2.24) is 4.90 Å². The lowest BCUT2D eigenvalue weighted by Gasteiger charge is -2.22. The molecule has 0 radical (unpaired) electrons. The van der Waals surface area contributed by atoms with Crippen molar-refractivity contribution in [3.05, 3.63) is 0 Å². The van der Waals surface area contributed by atoms with Crippen LogP contribution in [0.1, 0.15) is 25.7 Å². The Kier molecular flexibility index (Phi) is 4.90. The van der Waals surface area contributed by atoms with E-state index >= 15 is 0 Å². The highest BCUT2D eigenvalue weighted by atomic mass is 16.5. The van der Waals surface area contributed by atoms with Crippen LogP contribution in [0.25, 0.3) is 0 Å². The van der Waals surface area contributed by atoms with Crippen molar-refractivity contribution in [3.8, 4) is 0 Å². The summed E-state index contributed by atoms with van der Waals surface area (Å²) in [6.45, 7) is 1.52. The molecule has 4 heteroatoms. The molecule has 1 aliphatic heterocycles. The Balaban J connectivity index is 2.28. The van der Waals surface area contributed by atoms with Gasteiger partial charge in [-0.05, 0) is 19.3 Å². The molecule has 1 rings (SSSR count). The molecule has 1 atom stereocenters. The third kappa shape index (κ3) is 2.96. The average molecular weight is 201 g/mol. The molecular weight excluding hydrogens is 182 g/mol. The van der Waals surface area contributed by atoms with Crippen LogP contribution in [0.15, 0.2) is 0 Å². The summed E-state index contributed by atoms with van der Waals surface area (Å²) in [4.78, 5) is 13.4. The smallest absolute Gasteiger partial charge is 0.222 e. The Morgan fingerprint density at radius 1 is 1.64 bits per heavy atom. The molecule has 0 aromatic carbocycles. The molecule has 0 unspecified atom stereocenters. The summed E-state index contributed by atoms with van der Waals surface area (Å²) in [5, 5.41) is 9.04. The molecule has 0 bridgehead atoms. The van der Waals surface area contributed by atoms with Crippen molar-refractivity contribution in [2.75, 3.05) is 26.9 Å². The van der Waals surface area contributed by atoms with Gasteiger partial charge in [0, 0.05) is 26.7 Å². The van der Waals surface area contributed by atoms with Crippen molar-refractivity contribution >= 4 is 5.91 Å². The number of methoxy groups -OCH3 is 1. The predicted molar refractivity (Wildman–Crippen MR) is 52.9 cm³/mol. The standard InChI is InChI=1S/C10H19NO3/c1-14-7-3-5-10(13)11-6-2-4-9(11)8-12/h9,12H,2-8H2,1H3/t9-/m1/s1. The van der Waals surface area contributed by atoms with Gasteiger partial charge in [0.05, 0.1) is 12.6 Å². The van der Waals surface area contributed by atoms with Crippen molar-refractivity contribution in [3.63, 3.8) is 0 Å². The van der Waals surface area contributed by atoms with Crippen LogP contribution in [0, 0.1) is 0 Å². The molecule has 0 aliphatic carbocycles. The first-order valence-electron chi connectivity index (χ1n) is 5.19. The Morgan fingerprint density at radius 3 is 3.07 bits per heavy atom. The fraction of sp³-hybridized carbons (Fsp3) is 0.900. The third-order valence-corrected chi connectivity index (χ3v) is 2.65. The summed E-state index contributed by atoms with van der Waals surface area (Å²) in [6, 6.07) is 0.0602. The lowest BCUT2D eigenvalue weighted by molar-refractivity contribution is -0.133. The minimum absolute atomic E-state index is 0.0602. The summed E-state index contributed by atoms with van der Waals surface area (Å²) >= 11 is 0. The fourth-order valence-corrected chi connectivity index (χ4v) is 1.87. The molecule has 0 aromatic heterocycles. The maximum atomic E-state index is 11.6. The number of aliphatic hydroxyl groups excluding tert-OH is 1. The summed E-state index contributed by atoms with van der Waals surface area (Å²) in [5.74, 6) is 0.151. The minimum atomic E-state index is 0.0602. The molecule has 1 amide bonds. The Morgan fingerprint density at radius 2 is 2.43 bits per heavy atom. The van der Waals surface area contributed by atoms with Crippen LogP contribution in [0.3, 0.4) is 0 Å². The monoisotopic (exact) mass is 201 g/mol. The number of amides is 1. The number of likely N-dealkylation sites (tertiary alicyclic amines) is 1. The molecular formula is C10H19NO3. The molecule has 1 heterocycles. The summed E-state index contributed by atoms with van der Waals surface area (Å²) in [5.41, 5.74) is 0. The van der Waals surface area contributed by atoms with Gasteiger partial charge in [0.1, 0.15) is 0 Å². The molecule has 1 N–H and O–H groups in total. The van der Waals surface area contributed by atoms with E-state index in [4.69, 9.17) is 9.84 Å². The number of carbonyl (C=O) groups is 1. The van der Waals surface area contributed by atoms with Crippen LogP contribution in [-0.2, 0) is 9.53 Å². The van der Waals surface area contributed by atoms with Crippen LogP contribution >= 0.6 is 0 Å². The van der Waals surface area contributed by atoms with E-state index in [0.717, 1.165) is 25.8 Å². The second kappa shape index (κ2) is 5.98. The van der Waals surface area contributed by atoms with E-state index < -0.39 is 0 Å². The molecule has 1 fully saturated rings. The minimum Gasteiger partial charge on any atom is -0.394 e. The first kappa shape index (κ1) is 11.5. The Bertz CT molecular complexity index is 184. The van der Waals surface area contributed by atoms with Gasteiger partial charge in [-0.3, -0.25) is 4.79 Å². The number of hydrogen-bond donors (Lipinski definition) is 1. The summed E-state index contributed by atoms with van der Waals surface area (Å²) in [7, 11) is 1.64. The van der Waals surface area contributed by atoms with Crippen molar-refractivity contribution < 1.29 is 14.6 Å². The first-order valence-corrected chi connectivity index (χ1v) is 5.19. The van der Waals surface area contributed by atoms with E-state index in [1.807, 2.05) is 0 Å². The molecule has 1 saturated heterocycles. The largest absolute Gasteiger partial charge is 0.394 e. The highest BCUT2D eigenvalue weighted by molar-refractivity contribution is 5.76. The maximum absolute atomic E-state index is 11.6. The highest BCUT2D eigenvalue weighted by Gasteiger charge is 2.27. The van der Waals surface area contributed by atoms with Crippen LogP contribution in [-0.4, -0.2) is 48.8 Å². The van der Waals surface area contributed by atoms with Gasteiger partial charge in [0.15, 0.2) is 0 Å². The van der Waals surface area contributed by atoms with E-state index in [-0.39, 0.29) is 18.6 Å². The van der Waals surface area contributed by atoms with E-state index in [9.17, 15) is 4.79 Å². The van der Waals surface area contributed by atoms with Gasteiger partial charge in [-0.25, -0.2) is 0 Å². The number of aliphatic hydroxyl groups is 1. The van der Waals surface area contributed by atoms with Crippen LogP contribution < -0.4 is 0 Å². The van der Waals surface area contributed by atoms with Gasteiger partial charge in [-0.1, -0.05) is 0 Å². The number of rotatable bonds is 5. The molecule has 1 aliphatic rings. The molecule has 0 spiro atoms. The number of carbonyl (C=O) groups excluding carboxylic acids is 1. The van der Waals surface area contributed by atoms with E-state index in [1.165, 1.54) is 0 Å². The normalized spacial score (nSPS) is 21.6.